The number of imide groups is 2. The molecule has 0 spiro atoms. The molecule has 0 aliphatic carbocycles. The molecular formula is C29H26Cl2N2O6. The lowest BCUT2D eigenvalue weighted by Gasteiger charge is -2.26. The molecule has 3 aromatic rings. The van der Waals surface area contributed by atoms with Gasteiger partial charge in [0.2, 0.25) is 0 Å². The van der Waals surface area contributed by atoms with Crippen molar-refractivity contribution in [3.05, 3.63) is 93.0 Å². The van der Waals surface area contributed by atoms with Gasteiger partial charge in [-0.15, -0.1) is 0 Å². The van der Waals surface area contributed by atoms with Gasteiger partial charge in [0.1, 0.15) is 17.9 Å². The molecule has 1 N–H and O–H groups in total. The van der Waals surface area contributed by atoms with Gasteiger partial charge in [0, 0.05) is 15.6 Å². The Kier molecular flexibility index (Phi) is 9.11. The van der Waals surface area contributed by atoms with Gasteiger partial charge in [0.05, 0.1) is 20.3 Å². The van der Waals surface area contributed by atoms with Gasteiger partial charge in [-0.25, -0.2) is 4.79 Å². The third-order valence-electron chi connectivity index (χ3n) is 5.77. The number of hydrogen-bond donors (Lipinski definition) is 1. The maximum Gasteiger partial charge on any atom is 0.331 e. The minimum Gasteiger partial charge on any atom is -0.493 e. The van der Waals surface area contributed by atoms with E-state index >= 15 is 0 Å². The standard InChI is InChI=1S/C29H26Cl2N2O6/c1-3-11-38-25-9-7-18(13-26(25)37-2)16-33-28(35)23(27(34)32-29(33)36)15-20-14-22(31)8-10-24(20)39-17-19-5-4-6-21(30)12-19/h4-10,12-15H,3,11,16-17H2,1-2H3,(H,32,34,36)/b23-15+. The van der Waals surface area contributed by atoms with E-state index in [1.165, 1.54) is 13.2 Å². The molecule has 1 saturated heterocycles. The van der Waals surface area contributed by atoms with E-state index in [1.807, 2.05) is 19.1 Å². The van der Waals surface area contributed by atoms with Crippen LogP contribution >= 0.6 is 23.2 Å². The summed E-state index contributed by atoms with van der Waals surface area (Å²) in [5.41, 5.74) is 1.61. The minimum atomic E-state index is -0.823. The molecule has 0 saturated carbocycles. The van der Waals surface area contributed by atoms with E-state index in [-0.39, 0.29) is 18.7 Å². The molecule has 0 unspecified atom stereocenters. The Morgan fingerprint density at radius 1 is 0.872 bits per heavy atom. The quantitative estimate of drug-likeness (QED) is 0.237. The van der Waals surface area contributed by atoms with Crippen LogP contribution in [0, 0.1) is 0 Å². The second-order valence-electron chi connectivity index (χ2n) is 8.64. The number of nitrogens with one attached hydrogen (secondary N) is 1. The van der Waals surface area contributed by atoms with Gasteiger partial charge in [-0.05, 0) is 66.1 Å². The fourth-order valence-corrected chi connectivity index (χ4v) is 4.26. The molecule has 0 aromatic heterocycles. The molecule has 202 valence electrons. The molecule has 0 atom stereocenters. The molecule has 4 amide bonds. The summed E-state index contributed by atoms with van der Waals surface area (Å²) in [6.45, 7) is 2.62. The van der Waals surface area contributed by atoms with Crippen molar-refractivity contribution >= 4 is 47.1 Å². The third-order valence-corrected chi connectivity index (χ3v) is 6.24. The van der Waals surface area contributed by atoms with E-state index < -0.39 is 17.8 Å². The number of carbonyl (C=O) groups is 3. The highest BCUT2D eigenvalue weighted by Crippen LogP contribution is 2.30. The van der Waals surface area contributed by atoms with E-state index in [0.29, 0.717) is 45.0 Å². The van der Waals surface area contributed by atoms with Crippen LogP contribution in [0.4, 0.5) is 4.79 Å². The van der Waals surface area contributed by atoms with Gasteiger partial charge in [0.15, 0.2) is 11.5 Å². The summed E-state index contributed by atoms with van der Waals surface area (Å²) in [7, 11) is 1.51. The van der Waals surface area contributed by atoms with Crippen LogP contribution in [0.15, 0.2) is 66.2 Å². The van der Waals surface area contributed by atoms with E-state index in [2.05, 4.69) is 5.32 Å². The molecule has 0 radical (unpaired) electrons. The molecule has 3 aromatic carbocycles. The molecule has 1 aliphatic rings. The lowest BCUT2D eigenvalue weighted by Crippen LogP contribution is -2.53. The number of urea groups is 1. The highest BCUT2D eigenvalue weighted by atomic mass is 35.5. The zero-order chi connectivity index (χ0) is 27.9. The Bertz CT molecular complexity index is 1440. The smallest absolute Gasteiger partial charge is 0.331 e. The predicted molar refractivity (Wildman–Crippen MR) is 148 cm³/mol. The van der Waals surface area contributed by atoms with Gasteiger partial charge >= 0.3 is 6.03 Å². The van der Waals surface area contributed by atoms with Gasteiger partial charge < -0.3 is 14.2 Å². The first-order valence-electron chi connectivity index (χ1n) is 12.1. The van der Waals surface area contributed by atoms with Crippen LogP contribution in [0.5, 0.6) is 17.2 Å². The van der Waals surface area contributed by atoms with Crippen molar-refractivity contribution in [2.75, 3.05) is 13.7 Å². The number of methoxy groups -OCH3 is 1. The van der Waals surface area contributed by atoms with E-state index in [4.69, 9.17) is 37.4 Å². The molecule has 1 heterocycles. The molecule has 0 bridgehead atoms. The molecular weight excluding hydrogens is 543 g/mol. The third kappa shape index (κ3) is 6.90. The molecule has 8 nitrogen and oxygen atoms in total. The first kappa shape index (κ1) is 28.0. The molecule has 39 heavy (non-hydrogen) atoms. The Balaban J connectivity index is 1.59. The van der Waals surface area contributed by atoms with Crippen LogP contribution in [0.25, 0.3) is 6.08 Å². The first-order chi connectivity index (χ1) is 18.8. The predicted octanol–water partition coefficient (Wildman–Crippen LogP) is 6.03. The number of nitrogens with zero attached hydrogens (tertiary/aromatic N) is 1. The fourth-order valence-electron chi connectivity index (χ4n) is 3.87. The number of halogens is 2. The summed E-state index contributed by atoms with van der Waals surface area (Å²) >= 11 is 12.3. The van der Waals surface area contributed by atoms with Crippen molar-refractivity contribution in [1.29, 1.82) is 0 Å². The number of barbiturate groups is 1. The van der Waals surface area contributed by atoms with Gasteiger partial charge in [-0.3, -0.25) is 19.8 Å². The number of carbonyl (C=O) groups excluding carboxylic acids is 3. The van der Waals surface area contributed by atoms with Crippen LogP contribution in [0.1, 0.15) is 30.0 Å². The zero-order valence-corrected chi connectivity index (χ0v) is 22.8. The fraction of sp³-hybridized carbons (Fsp3) is 0.207. The molecule has 1 fully saturated rings. The largest absolute Gasteiger partial charge is 0.493 e. The Morgan fingerprint density at radius 2 is 1.64 bits per heavy atom. The average Bonchev–Trinajstić information content (AvgIpc) is 2.92. The van der Waals surface area contributed by atoms with Crippen molar-refractivity contribution in [3.63, 3.8) is 0 Å². The van der Waals surface area contributed by atoms with Crippen molar-refractivity contribution in [3.8, 4) is 17.2 Å². The SMILES string of the molecule is CCCOc1ccc(CN2C(=O)NC(=O)/C(=C\c3cc(Cl)ccc3OCc3cccc(Cl)c3)C2=O)cc1OC. The Hall–Kier alpha value is -4.01. The number of amides is 4. The van der Waals surface area contributed by atoms with Crippen LogP contribution in [0.3, 0.4) is 0 Å². The summed E-state index contributed by atoms with van der Waals surface area (Å²) in [6, 6.07) is 16.4. The summed E-state index contributed by atoms with van der Waals surface area (Å²) in [5.74, 6) is -0.154. The van der Waals surface area contributed by atoms with Crippen LogP contribution in [0.2, 0.25) is 10.0 Å². The minimum absolute atomic E-state index is 0.0899. The highest BCUT2D eigenvalue weighted by Gasteiger charge is 2.36. The number of benzene rings is 3. The van der Waals surface area contributed by atoms with Gasteiger partial charge in [-0.2, -0.15) is 0 Å². The van der Waals surface area contributed by atoms with Crippen LogP contribution in [-0.4, -0.2) is 36.5 Å². The maximum atomic E-state index is 13.4. The van der Waals surface area contributed by atoms with E-state index in [1.54, 1.807) is 48.5 Å². The van der Waals surface area contributed by atoms with Crippen LogP contribution in [-0.2, 0) is 22.7 Å². The normalized spacial score (nSPS) is 14.4. The Labute approximate surface area is 236 Å². The van der Waals surface area contributed by atoms with Crippen LogP contribution < -0.4 is 19.5 Å². The average molecular weight is 569 g/mol. The van der Waals surface area contributed by atoms with Gasteiger partial charge in [0.25, 0.3) is 11.8 Å². The number of hydrogen-bond acceptors (Lipinski definition) is 6. The number of rotatable bonds is 10. The van der Waals surface area contributed by atoms with Gasteiger partial charge in [-0.1, -0.05) is 48.3 Å². The topological polar surface area (TPSA) is 94.2 Å². The first-order valence-corrected chi connectivity index (χ1v) is 12.9. The second kappa shape index (κ2) is 12.7. The van der Waals surface area contributed by atoms with E-state index in [9.17, 15) is 14.4 Å². The maximum absolute atomic E-state index is 13.4. The summed E-state index contributed by atoms with van der Waals surface area (Å²) < 4.78 is 17.0. The number of ether oxygens (including phenoxy) is 3. The second-order valence-corrected chi connectivity index (χ2v) is 9.52. The highest BCUT2D eigenvalue weighted by molar-refractivity contribution is 6.32. The lowest BCUT2D eigenvalue weighted by molar-refractivity contribution is -0.130. The molecule has 10 heteroatoms. The van der Waals surface area contributed by atoms with Crippen molar-refractivity contribution in [1.82, 2.24) is 10.2 Å². The van der Waals surface area contributed by atoms with Crippen molar-refractivity contribution < 1.29 is 28.6 Å². The monoisotopic (exact) mass is 568 g/mol. The van der Waals surface area contributed by atoms with Crippen molar-refractivity contribution in [2.24, 2.45) is 0 Å². The zero-order valence-electron chi connectivity index (χ0n) is 21.3. The van der Waals surface area contributed by atoms with Crippen molar-refractivity contribution in [2.45, 2.75) is 26.5 Å². The molecule has 1 aliphatic heterocycles. The Morgan fingerprint density at radius 3 is 2.38 bits per heavy atom. The molecule has 4 rings (SSSR count). The summed E-state index contributed by atoms with van der Waals surface area (Å²) in [5, 5.41) is 3.19. The lowest BCUT2D eigenvalue weighted by atomic mass is 10.1. The summed E-state index contributed by atoms with van der Waals surface area (Å²) in [6.07, 6.45) is 2.19. The summed E-state index contributed by atoms with van der Waals surface area (Å²) in [4.78, 5) is 39.6. The van der Waals surface area contributed by atoms with E-state index in [0.717, 1.165) is 16.9 Å².